The van der Waals surface area contributed by atoms with Gasteiger partial charge in [0, 0.05) is 75.7 Å². The molecular formula is C20H32N6O. The third kappa shape index (κ3) is 4.24. The van der Waals surface area contributed by atoms with Gasteiger partial charge in [-0.05, 0) is 39.2 Å². The highest BCUT2D eigenvalue weighted by Crippen LogP contribution is 2.31. The molecular weight excluding hydrogens is 340 g/mol. The van der Waals surface area contributed by atoms with E-state index in [-0.39, 0.29) is 11.4 Å². The van der Waals surface area contributed by atoms with Gasteiger partial charge in [0.25, 0.3) is 0 Å². The Morgan fingerprint density at radius 2 is 1.85 bits per heavy atom. The number of piperazine rings is 1. The van der Waals surface area contributed by atoms with E-state index in [1.165, 1.54) is 24.8 Å². The Morgan fingerprint density at radius 1 is 1.07 bits per heavy atom. The molecule has 1 N–H and O–H groups in total. The molecule has 4 heterocycles. The predicted octanol–water partition coefficient (Wildman–Crippen LogP) is 1.25. The molecule has 7 nitrogen and oxygen atoms in total. The summed E-state index contributed by atoms with van der Waals surface area (Å²) in [5, 5.41) is 3.03. The van der Waals surface area contributed by atoms with E-state index in [0.717, 1.165) is 64.6 Å². The van der Waals surface area contributed by atoms with E-state index in [1.54, 1.807) is 0 Å². The third-order valence-corrected chi connectivity index (χ3v) is 6.55. The Kier molecular flexibility index (Phi) is 5.59. The lowest BCUT2D eigenvalue weighted by molar-refractivity contribution is -0.121. The minimum atomic E-state index is 0.103. The average molecular weight is 373 g/mol. The largest absolute Gasteiger partial charge is 0.356 e. The first-order valence-corrected chi connectivity index (χ1v) is 10.4. The van der Waals surface area contributed by atoms with Crippen LogP contribution in [0.5, 0.6) is 0 Å². The molecule has 1 amide bonds. The maximum atomic E-state index is 11.8. The molecule has 7 heteroatoms. The minimum absolute atomic E-state index is 0.103. The summed E-state index contributed by atoms with van der Waals surface area (Å²) in [6.45, 7) is 6.92. The molecule has 1 unspecified atom stereocenters. The van der Waals surface area contributed by atoms with Crippen LogP contribution in [0.1, 0.15) is 44.1 Å². The van der Waals surface area contributed by atoms with Crippen LogP contribution in [0.4, 0.5) is 5.95 Å². The second kappa shape index (κ2) is 8.10. The van der Waals surface area contributed by atoms with E-state index in [9.17, 15) is 4.79 Å². The fourth-order valence-electron chi connectivity index (χ4n) is 4.76. The number of likely N-dealkylation sites (N-methyl/N-ethyl adjacent to an activating group) is 1. The summed E-state index contributed by atoms with van der Waals surface area (Å²) in [6, 6.07) is 0. The van der Waals surface area contributed by atoms with Gasteiger partial charge in [-0.25, -0.2) is 9.97 Å². The van der Waals surface area contributed by atoms with Gasteiger partial charge in [0.05, 0.1) is 0 Å². The second-order valence-corrected chi connectivity index (χ2v) is 8.40. The van der Waals surface area contributed by atoms with Crippen LogP contribution in [-0.2, 0) is 11.3 Å². The maximum Gasteiger partial charge on any atom is 0.225 e. The number of amides is 1. The maximum absolute atomic E-state index is 11.8. The summed E-state index contributed by atoms with van der Waals surface area (Å²) < 4.78 is 0. The molecule has 1 aromatic heterocycles. The molecule has 4 rings (SSSR count). The summed E-state index contributed by atoms with van der Waals surface area (Å²) in [6.07, 6.45) is 10.4. The number of carbonyl (C=O) groups is 1. The van der Waals surface area contributed by atoms with E-state index in [0.29, 0.717) is 6.42 Å². The van der Waals surface area contributed by atoms with Gasteiger partial charge in [0.1, 0.15) is 0 Å². The van der Waals surface area contributed by atoms with Crippen LogP contribution in [0.3, 0.4) is 0 Å². The van der Waals surface area contributed by atoms with Crippen molar-refractivity contribution in [3.8, 4) is 0 Å². The van der Waals surface area contributed by atoms with Crippen molar-refractivity contribution < 1.29 is 4.79 Å². The van der Waals surface area contributed by atoms with Crippen LogP contribution in [0, 0.1) is 0 Å². The zero-order valence-electron chi connectivity index (χ0n) is 16.5. The minimum Gasteiger partial charge on any atom is -0.356 e. The van der Waals surface area contributed by atoms with Crippen molar-refractivity contribution in [3.63, 3.8) is 0 Å². The Balaban J connectivity index is 1.39. The fourth-order valence-corrected chi connectivity index (χ4v) is 4.76. The highest BCUT2D eigenvalue weighted by molar-refractivity contribution is 5.76. The quantitative estimate of drug-likeness (QED) is 0.862. The van der Waals surface area contributed by atoms with Gasteiger partial charge in [-0.15, -0.1) is 0 Å². The van der Waals surface area contributed by atoms with Crippen molar-refractivity contribution >= 4 is 11.9 Å². The molecule has 1 atom stereocenters. The molecule has 3 saturated heterocycles. The number of hydrogen-bond donors (Lipinski definition) is 1. The lowest BCUT2D eigenvalue weighted by atomic mass is 9.86. The smallest absolute Gasteiger partial charge is 0.225 e. The van der Waals surface area contributed by atoms with Gasteiger partial charge in [0.2, 0.25) is 11.9 Å². The van der Waals surface area contributed by atoms with Crippen molar-refractivity contribution in [1.29, 1.82) is 0 Å². The molecule has 1 spiro atoms. The van der Waals surface area contributed by atoms with Crippen LogP contribution >= 0.6 is 0 Å². The zero-order chi connectivity index (χ0) is 18.7. The number of aromatic nitrogens is 2. The Labute approximate surface area is 162 Å². The summed E-state index contributed by atoms with van der Waals surface area (Å²) in [7, 11) is 2.21. The first kappa shape index (κ1) is 18.6. The second-order valence-electron chi connectivity index (χ2n) is 8.40. The van der Waals surface area contributed by atoms with Gasteiger partial charge < -0.3 is 10.2 Å². The van der Waals surface area contributed by atoms with Gasteiger partial charge in [-0.2, -0.15) is 0 Å². The Bertz CT molecular complexity index is 644. The molecule has 1 aromatic rings. The van der Waals surface area contributed by atoms with Crippen LogP contribution in [0.15, 0.2) is 12.4 Å². The highest BCUT2D eigenvalue weighted by Gasteiger charge is 2.40. The molecule has 3 fully saturated rings. The standard InChI is InChI=1S/C20H32N6O/c1-24-11-12-25(16-20(24)6-5-18(27)21-8-7-20)15-17-13-22-19(23-14-17)26-9-3-2-4-10-26/h13-14H,2-12,15-16H2,1H3,(H,21,27). The molecule has 3 aliphatic rings. The van der Waals surface area contributed by atoms with Crippen molar-refractivity contribution in [1.82, 2.24) is 25.1 Å². The van der Waals surface area contributed by atoms with Gasteiger partial charge in [-0.3, -0.25) is 14.6 Å². The molecule has 3 aliphatic heterocycles. The highest BCUT2D eigenvalue weighted by atomic mass is 16.1. The van der Waals surface area contributed by atoms with Gasteiger partial charge in [-0.1, -0.05) is 0 Å². The Hall–Kier alpha value is -1.73. The monoisotopic (exact) mass is 372 g/mol. The molecule has 27 heavy (non-hydrogen) atoms. The first-order valence-electron chi connectivity index (χ1n) is 10.4. The summed E-state index contributed by atoms with van der Waals surface area (Å²) in [5.41, 5.74) is 1.28. The van der Waals surface area contributed by atoms with E-state index < -0.39 is 0 Å². The van der Waals surface area contributed by atoms with Gasteiger partial charge >= 0.3 is 0 Å². The number of nitrogens with one attached hydrogen (secondary N) is 1. The third-order valence-electron chi connectivity index (χ3n) is 6.55. The molecule has 0 radical (unpaired) electrons. The molecule has 0 saturated carbocycles. The van der Waals surface area contributed by atoms with Gasteiger partial charge in [0.15, 0.2) is 0 Å². The van der Waals surface area contributed by atoms with Crippen LogP contribution in [0.2, 0.25) is 0 Å². The van der Waals surface area contributed by atoms with Crippen LogP contribution < -0.4 is 10.2 Å². The van der Waals surface area contributed by atoms with Crippen LogP contribution in [0.25, 0.3) is 0 Å². The number of anilines is 1. The number of rotatable bonds is 3. The Morgan fingerprint density at radius 3 is 2.63 bits per heavy atom. The predicted molar refractivity (Wildman–Crippen MR) is 106 cm³/mol. The summed E-state index contributed by atoms with van der Waals surface area (Å²) >= 11 is 0. The van der Waals surface area contributed by atoms with E-state index in [2.05, 4.69) is 37.0 Å². The normalized spacial score (nSPS) is 28.2. The van der Waals surface area contributed by atoms with E-state index in [1.807, 2.05) is 12.4 Å². The lowest BCUT2D eigenvalue weighted by Crippen LogP contribution is -2.60. The molecule has 0 bridgehead atoms. The number of hydrogen-bond acceptors (Lipinski definition) is 6. The average Bonchev–Trinajstić information content (AvgIpc) is 2.88. The zero-order valence-corrected chi connectivity index (χ0v) is 16.5. The number of carbonyl (C=O) groups excluding carboxylic acids is 1. The van der Waals surface area contributed by atoms with Crippen molar-refractivity contribution in [2.75, 3.05) is 51.2 Å². The summed E-state index contributed by atoms with van der Waals surface area (Å²) in [4.78, 5) is 28.3. The molecule has 0 aromatic carbocycles. The first-order chi connectivity index (χ1) is 13.1. The van der Waals surface area contributed by atoms with Crippen molar-refractivity contribution in [2.45, 2.75) is 50.6 Å². The lowest BCUT2D eigenvalue weighted by Gasteiger charge is -2.49. The van der Waals surface area contributed by atoms with Crippen molar-refractivity contribution in [2.24, 2.45) is 0 Å². The molecule has 0 aliphatic carbocycles. The van der Waals surface area contributed by atoms with Crippen LogP contribution in [-0.4, -0.2) is 77.5 Å². The van der Waals surface area contributed by atoms with E-state index >= 15 is 0 Å². The number of nitrogens with zero attached hydrogens (tertiary/aromatic N) is 5. The van der Waals surface area contributed by atoms with Crippen molar-refractivity contribution in [3.05, 3.63) is 18.0 Å². The molecule has 148 valence electrons. The van der Waals surface area contributed by atoms with E-state index in [4.69, 9.17) is 0 Å². The summed E-state index contributed by atoms with van der Waals surface area (Å²) in [5.74, 6) is 1.07. The number of piperidine rings is 1. The SMILES string of the molecule is CN1CCN(Cc2cnc(N3CCCCC3)nc2)CC12CCNC(=O)CC2. The topological polar surface area (TPSA) is 64.6 Å². The fraction of sp³-hybridized carbons (Fsp3) is 0.750.